The molecule has 54 heavy (non-hydrogen) atoms. The Balaban J connectivity index is 1.51. The lowest BCUT2D eigenvalue weighted by atomic mass is 9.79. The molecular weight excluding hydrogens is 701 g/mol. The number of likely N-dealkylation sites (N-methyl/N-ethyl adjacent to an activating group) is 1. The number of nitrogens with zero attached hydrogens (tertiary/aromatic N) is 3. The molecule has 2 N–H and O–H groups in total. The molecule has 2 heterocycles. The molecule has 0 bridgehead atoms. The number of Topliss-reactive ketones (excluding diaryl/α,β-unsaturated/α-hetero) is 2. The summed E-state index contributed by atoms with van der Waals surface area (Å²) in [5.74, 6) is -1.13. The van der Waals surface area contributed by atoms with Gasteiger partial charge >= 0.3 is 0 Å². The number of amides is 2. The Labute approximate surface area is 327 Å². The average molecular weight is 767 g/mol. The zero-order valence-electron chi connectivity index (χ0n) is 34.0. The van der Waals surface area contributed by atoms with Gasteiger partial charge in [-0.15, -0.1) is 11.3 Å². The van der Waals surface area contributed by atoms with Crippen LogP contribution in [0.25, 0.3) is 0 Å². The largest absolute Gasteiger partial charge is 0.379 e. The van der Waals surface area contributed by atoms with E-state index in [1.807, 2.05) is 56.3 Å². The van der Waals surface area contributed by atoms with E-state index in [2.05, 4.69) is 17.1 Å². The summed E-state index contributed by atoms with van der Waals surface area (Å²) in [5, 5.41) is 2.90. The molecule has 1 saturated carbocycles. The molecule has 1 saturated heterocycles. The van der Waals surface area contributed by atoms with Gasteiger partial charge in [0.2, 0.25) is 11.8 Å². The Morgan fingerprint density at radius 2 is 1.65 bits per heavy atom. The van der Waals surface area contributed by atoms with Crippen LogP contribution in [0.1, 0.15) is 115 Å². The Hall–Kier alpha value is -2.99. The van der Waals surface area contributed by atoms with Crippen molar-refractivity contribution >= 4 is 34.7 Å². The van der Waals surface area contributed by atoms with Crippen LogP contribution < -0.4 is 5.73 Å². The fourth-order valence-electron chi connectivity index (χ4n) is 8.79. The van der Waals surface area contributed by atoms with Gasteiger partial charge in [-0.05, 0) is 63.4 Å². The molecule has 1 aliphatic carbocycles. The maximum atomic E-state index is 14.4. The van der Waals surface area contributed by atoms with Gasteiger partial charge in [-0.2, -0.15) is 0 Å². The quantitative estimate of drug-likeness (QED) is 0.155. The van der Waals surface area contributed by atoms with E-state index in [4.69, 9.17) is 15.2 Å². The summed E-state index contributed by atoms with van der Waals surface area (Å²) in [6.45, 7) is 9.80. The Morgan fingerprint density at radius 3 is 2.22 bits per heavy atom. The van der Waals surface area contributed by atoms with E-state index in [0.29, 0.717) is 13.0 Å². The van der Waals surface area contributed by atoms with Gasteiger partial charge in [0.25, 0.3) is 0 Å². The third-order valence-electron chi connectivity index (χ3n) is 12.1. The van der Waals surface area contributed by atoms with E-state index in [-0.39, 0.29) is 66.1 Å². The van der Waals surface area contributed by atoms with Crippen LogP contribution in [0.4, 0.5) is 0 Å². The van der Waals surface area contributed by atoms with Crippen LogP contribution in [0.15, 0.2) is 41.9 Å². The number of aromatic nitrogens is 1. The van der Waals surface area contributed by atoms with Gasteiger partial charge in [0.05, 0.1) is 41.3 Å². The van der Waals surface area contributed by atoms with Crippen molar-refractivity contribution in [2.75, 3.05) is 27.8 Å². The van der Waals surface area contributed by atoms with Crippen molar-refractivity contribution in [3.63, 3.8) is 0 Å². The fraction of sp³-hybridized carbons (Fsp3) is 0.698. The van der Waals surface area contributed by atoms with Crippen molar-refractivity contribution in [1.29, 1.82) is 0 Å². The van der Waals surface area contributed by atoms with Crippen LogP contribution in [0.3, 0.4) is 0 Å². The molecule has 7 atom stereocenters. The second kappa shape index (κ2) is 20.3. The molecule has 2 amide bonds. The SMILES string of the molecule is CO[C@H]([C@@H](C)C(=O)C[C@@H](Cc1ccccc1)c1nccs1)[C@@H]1CCCN1C(=O)C[C@@H](OC)[C@H](C1CCCCC1)N(C)C(=O)[C@@H](CC(=O)C(C)(C)N)C(C)C. The van der Waals surface area contributed by atoms with Crippen molar-refractivity contribution in [2.24, 2.45) is 29.4 Å². The molecule has 2 aromatic rings. The van der Waals surface area contributed by atoms with Gasteiger partial charge in [0.15, 0.2) is 5.78 Å². The summed E-state index contributed by atoms with van der Waals surface area (Å²) >= 11 is 1.57. The minimum Gasteiger partial charge on any atom is -0.379 e. The molecule has 4 rings (SSSR count). The zero-order valence-corrected chi connectivity index (χ0v) is 34.8. The Bertz CT molecular complexity index is 1490. The van der Waals surface area contributed by atoms with E-state index < -0.39 is 29.6 Å². The Morgan fingerprint density at radius 1 is 0.963 bits per heavy atom. The zero-order chi connectivity index (χ0) is 39.6. The fourth-order valence-corrected chi connectivity index (χ4v) is 9.53. The monoisotopic (exact) mass is 766 g/mol. The van der Waals surface area contributed by atoms with Crippen molar-refractivity contribution < 1.29 is 28.7 Å². The molecule has 1 aromatic heterocycles. The maximum absolute atomic E-state index is 14.4. The molecule has 1 aromatic carbocycles. The van der Waals surface area contributed by atoms with E-state index in [1.54, 1.807) is 50.5 Å². The molecule has 0 spiro atoms. The lowest BCUT2D eigenvalue weighted by Crippen LogP contribution is -2.55. The minimum atomic E-state index is -1.03. The number of thiazole rings is 1. The van der Waals surface area contributed by atoms with Crippen LogP contribution in [-0.4, -0.2) is 95.8 Å². The summed E-state index contributed by atoms with van der Waals surface area (Å²) in [7, 11) is 5.08. The van der Waals surface area contributed by atoms with Crippen molar-refractivity contribution in [3.8, 4) is 0 Å². The number of carbonyl (C=O) groups excluding carboxylic acids is 4. The van der Waals surface area contributed by atoms with Crippen LogP contribution >= 0.6 is 11.3 Å². The van der Waals surface area contributed by atoms with Crippen LogP contribution in [0.2, 0.25) is 0 Å². The molecule has 0 radical (unpaired) electrons. The first-order valence-corrected chi connectivity index (χ1v) is 21.0. The molecule has 11 heteroatoms. The predicted molar refractivity (Wildman–Crippen MR) is 214 cm³/mol. The molecule has 0 unspecified atom stereocenters. The third kappa shape index (κ3) is 11.3. The van der Waals surface area contributed by atoms with Crippen molar-refractivity contribution in [3.05, 3.63) is 52.5 Å². The number of hydrogen-bond donors (Lipinski definition) is 1. The highest BCUT2D eigenvalue weighted by Gasteiger charge is 2.44. The van der Waals surface area contributed by atoms with E-state index >= 15 is 0 Å². The standard InChI is InChI=1S/C43H66N4O6S/c1-28(2)33(26-37(49)43(4,5)44)42(51)46(6)39(31-18-13-10-14-19-31)36(52-7)27-38(50)47-22-15-20-34(47)40(53-8)29(3)35(48)25-32(41-45-21-23-54-41)24-30-16-11-9-12-17-30/h9,11-12,16-17,21,23,28-29,31-34,36,39-40H,10,13-15,18-20,22,24-27,44H2,1-8H3/t29-,32+,33-,34-,36+,39-,40+/m0/s1. The highest BCUT2D eigenvalue weighted by atomic mass is 32.1. The van der Waals surface area contributed by atoms with Gasteiger partial charge < -0.3 is 25.0 Å². The summed E-state index contributed by atoms with van der Waals surface area (Å²) in [6.07, 6.45) is 8.73. The highest BCUT2D eigenvalue weighted by molar-refractivity contribution is 7.09. The van der Waals surface area contributed by atoms with E-state index in [1.165, 1.54) is 0 Å². The molecule has 300 valence electrons. The first kappa shape index (κ1) is 43.7. The number of nitrogens with two attached hydrogens (primary N) is 1. The Kier molecular flexibility index (Phi) is 16.4. The number of likely N-dealkylation sites (tertiary alicyclic amines) is 1. The van der Waals surface area contributed by atoms with Crippen molar-refractivity contribution in [2.45, 2.75) is 141 Å². The number of ether oxygens (including phenoxy) is 2. The first-order valence-electron chi connectivity index (χ1n) is 20.1. The number of carbonyl (C=O) groups is 4. The van der Waals surface area contributed by atoms with Crippen LogP contribution in [0, 0.1) is 23.7 Å². The number of benzene rings is 1. The lowest BCUT2D eigenvalue weighted by Gasteiger charge is -2.43. The molecule has 1 aliphatic heterocycles. The van der Waals surface area contributed by atoms with Crippen LogP contribution in [-0.2, 0) is 35.1 Å². The number of methoxy groups -OCH3 is 2. The number of ketones is 2. The summed E-state index contributed by atoms with van der Waals surface area (Å²) < 4.78 is 12.2. The van der Waals surface area contributed by atoms with Gasteiger partial charge in [-0.3, -0.25) is 19.2 Å². The summed E-state index contributed by atoms with van der Waals surface area (Å²) in [4.78, 5) is 64.0. The van der Waals surface area contributed by atoms with Gasteiger partial charge in [0, 0.05) is 70.0 Å². The van der Waals surface area contributed by atoms with E-state index in [0.717, 1.165) is 61.9 Å². The topological polar surface area (TPSA) is 132 Å². The number of hydrogen-bond acceptors (Lipinski definition) is 9. The lowest BCUT2D eigenvalue weighted by molar-refractivity contribution is -0.149. The predicted octanol–water partition coefficient (Wildman–Crippen LogP) is 6.85. The van der Waals surface area contributed by atoms with E-state index in [9.17, 15) is 19.2 Å². The molecular formula is C43H66N4O6S. The van der Waals surface area contributed by atoms with Gasteiger partial charge in [0.1, 0.15) is 5.78 Å². The normalized spacial score (nSPS) is 20.3. The summed E-state index contributed by atoms with van der Waals surface area (Å²) in [6, 6.07) is 9.60. The molecule has 2 fully saturated rings. The van der Waals surface area contributed by atoms with Gasteiger partial charge in [-0.25, -0.2) is 4.98 Å². The smallest absolute Gasteiger partial charge is 0.226 e. The minimum absolute atomic E-state index is 0.0461. The van der Waals surface area contributed by atoms with Crippen LogP contribution in [0.5, 0.6) is 0 Å². The second-order valence-electron chi connectivity index (χ2n) is 16.7. The summed E-state index contributed by atoms with van der Waals surface area (Å²) in [5.41, 5.74) is 6.27. The first-order chi connectivity index (χ1) is 25.7. The molecule has 2 aliphatic rings. The van der Waals surface area contributed by atoms with Gasteiger partial charge in [-0.1, -0.05) is 70.4 Å². The average Bonchev–Trinajstić information content (AvgIpc) is 3.87. The highest BCUT2D eigenvalue weighted by Crippen LogP contribution is 2.36. The van der Waals surface area contributed by atoms with Crippen molar-refractivity contribution in [1.82, 2.24) is 14.8 Å². The molecule has 10 nitrogen and oxygen atoms in total. The second-order valence-corrected chi connectivity index (χ2v) is 17.7. The third-order valence-corrected chi connectivity index (χ3v) is 13.0. The maximum Gasteiger partial charge on any atom is 0.226 e. The number of rotatable bonds is 20.